The molecule has 0 bridgehead atoms. The lowest BCUT2D eigenvalue weighted by Crippen LogP contribution is -2.26. The molecule has 1 amide bonds. The minimum atomic E-state index is -0.120. The summed E-state index contributed by atoms with van der Waals surface area (Å²) in [6.45, 7) is 5.03. The van der Waals surface area contributed by atoms with Crippen LogP contribution in [0.1, 0.15) is 20.3 Å². The third-order valence-corrected chi connectivity index (χ3v) is 2.56. The lowest BCUT2D eigenvalue weighted by atomic mass is 10.2. The first kappa shape index (κ1) is 15.5. The minimum Gasteiger partial charge on any atom is -0.491 e. The number of anilines is 1. The van der Waals surface area contributed by atoms with Gasteiger partial charge in [-0.15, -0.1) is 0 Å². The molecule has 0 fully saturated rings. The van der Waals surface area contributed by atoms with Crippen LogP contribution in [0.4, 0.5) is 5.69 Å². The summed E-state index contributed by atoms with van der Waals surface area (Å²) >= 11 is 0. The van der Waals surface area contributed by atoms with Crippen LogP contribution in [0.2, 0.25) is 0 Å². The van der Waals surface area contributed by atoms with E-state index in [2.05, 4.69) is 5.32 Å². The summed E-state index contributed by atoms with van der Waals surface area (Å²) in [7, 11) is 0. The molecule has 19 heavy (non-hydrogen) atoms. The summed E-state index contributed by atoms with van der Waals surface area (Å²) in [6.07, 6.45) is 0.733. The van der Waals surface area contributed by atoms with E-state index in [0.717, 1.165) is 6.42 Å². The van der Waals surface area contributed by atoms with Gasteiger partial charge in [0.05, 0.1) is 18.4 Å². The van der Waals surface area contributed by atoms with Gasteiger partial charge in [0, 0.05) is 26.5 Å². The predicted molar refractivity (Wildman–Crippen MR) is 75.3 cm³/mol. The molecule has 0 aromatic heterocycles. The Hall–Kier alpha value is -1.59. The van der Waals surface area contributed by atoms with Crippen LogP contribution in [-0.2, 0) is 9.53 Å². The van der Waals surface area contributed by atoms with Crippen molar-refractivity contribution in [2.75, 3.05) is 25.1 Å². The van der Waals surface area contributed by atoms with Gasteiger partial charge in [-0.2, -0.15) is 0 Å². The van der Waals surface area contributed by atoms with E-state index in [1.165, 1.54) is 6.92 Å². The molecule has 1 unspecified atom stereocenters. The van der Waals surface area contributed by atoms with E-state index >= 15 is 0 Å². The number of carbonyl (C=O) groups is 1. The molecule has 0 radical (unpaired) electrons. The molecule has 3 N–H and O–H groups in total. The Morgan fingerprint density at radius 3 is 2.79 bits per heavy atom. The molecule has 106 valence electrons. The fourth-order valence-corrected chi connectivity index (χ4v) is 1.69. The molecule has 0 aliphatic rings. The fourth-order valence-electron chi connectivity index (χ4n) is 1.69. The van der Waals surface area contributed by atoms with E-state index in [-0.39, 0.29) is 12.0 Å². The van der Waals surface area contributed by atoms with Gasteiger partial charge in [0.1, 0.15) is 5.75 Å². The Kier molecular flexibility index (Phi) is 6.92. The van der Waals surface area contributed by atoms with Crippen LogP contribution in [0.25, 0.3) is 0 Å². The van der Waals surface area contributed by atoms with Crippen molar-refractivity contribution in [2.45, 2.75) is 26.4 Å². The second-order valence-electron chi connectivity index (χ2n) is 4.13. The number of amides is 1. The Labute approximate surface area is 114 Å². The quantitative estimate of drug-likeness (QED) is 0.752. The highest BCUT2D eigenvalue weighted by atomic mass is 16.5. The highest BCUT2D eigenvalue weighted by Crippen LogP contribution is 2.23. The minimum absolute atomic E-state index is 0.0120. The molecule has 1 rings (SSSR count). The van der Waals surface area contributed by atoms with Gasteiger partial charge in [-0.1, -0.05) is 12.1 Å². The number of nitrogens with one attached hydrogen (secondary N) is 1. The Balaban J connectivity index is 2.50. The Bertz CT molecular complexity index is 396. The second-order valence-corrected chi connectivity index (χ2v) is 4.13. The highest BCUT2D eigenvalue weighted by molar-refractivity contribution is 5.90. The molecular formula is C14H22N2O3. The average Bonchev–Trinajstić information content (AvgIpc) is 2.39. The maximum atomic E-state index is 11.1. The van der Waals surface area contributed by atoms with Crippen molar-refractivity contribution in [1.82, 2.24) is 0 Å². The van der Waals surface area contributed by atoms with Crippen LogP contribution < -0.4 is 15.8 Å². The number of hydrogen-bond donors (Lipinski definition) is 2. The van der Waals surface area contributed by atoms with Gasteiger partial charge in [-0.25, -0.2) is 0 Å². The van der Waals surface area contributed by atoms with Crippen LogP contribution in [0, 0.1) is 0 Å². The normalized spacial score (nSPS) is 11.9. The molecule has 0 heterocycles. The van der Waals surface area contributed by atoms with Crippen molar-refractivity contribution >= 4 is 11.6 Å². The first-order valence-electron chi connectivity index (χ1n) is 6.48. The third kappa shape index (κ3) is 5.72. The number of hydrogen-bond acceptors (Lipinski definition) is 4. The molecule has 0 spiro atoms. The van der Waals surface area contributed by atoms with Gasteiger partial charge < -0.3 is 20.5 Å². The van der Waals surface area contributed by atoms with E-state index in [0.29, 0.717) is 31.2 Å². The van der Waals surface area contributed by atoms with Crippen LogP contribution >= 0.6 is 0 Å². The van der Waals surface area contributed by atoms with Crippen molar-refractivity contribution in [2.24, 2.45) is 5.73 Å². The van der Waals surface area contributed by atoms with Crippen molar-refractivity contribution in [1.29, 1.82) is 0 Å². The zero-order valence-corrected chi connectivity index (χ0v) is 11.5. The predicted octanol–water partition coefficient (Wildman–Crippen LogP) is 1.78. The van der Waals surface area contributed by atoms with Gasteiger partial charge in [-0.3, -0.25) is 4.79 Å². The van der Waals surface area contributed by atoms with Crippen molar-refractivity contribution < 1.29 is 14.3 Å². The second kappa shape index (κ2) is 8.50. The topological polar surface area (TPSA) is 73.6 Å². The van der Waals surface area contributed by atoms with Gasteiger partial charge in [-0.05, 0) is 19.1 Å². The maximum Gasteiger partial charge on any atom is 0.221 e. The van der Waals surface area contributed by atoms with Crippen LogP contribution in [0.5, 0.6) is 5.75 Å². The Morgan fingerprint density at radius 1 is 1.42 bits per heavy atom. The molecule has 1 aromatic rings. The van der Waals surface area contributed by atoms with Crippen molar-refractivity contribution in [3.8, 4) is 5.75 Å². The molecule has 0 saturated carbocycles. The summed E-state index contributed by atoms with van der Waals surface area (Å²) in [4.78, 5) is 11.1. The molecule has 0 saturated heterocycles. The first-order valence-corrected chi connectivity index (χ1v) is 6.48. The molecule has 0 aliphatic heterocycles. The van der Waals surface area contributed by atoms with E-state index < -0.39 is 0 Å². The van der Waals surface area contributed by atoms with Crippen LogP contribution in [0.3, 0.4) is 0 Å². The van der Waals surface area contributed by atoms with Gasteiger partial charge >= 0.3 is 0 Å². The van der Waals surface area contributed by atoms with Crippen molar-refractivity contribution in [3.05, 3.63) is 24.3 Å². The summed E-state index contributed by atoms with van der Waals surface area (Å²) in [5.74, 6) is 0.537. The largest absolute Gasteiger partial charge is 0.491 e. The van der Waals surface area contributed by atoms with E-state index in [1.807, 2.05) is 25.1 Å². The molecule has 0 aliphatic carbocycles. The third-order valence-electron chi connectivity index (χ3n) is 2.56. The van der Waals surface area contributed by atoms with Gasteiger partial charge in [0.2, 0.25) is 5.91 Å². The lowest BCUT2D eigenvalue weighted by Gasteiger charge is -2.16. The molecule has 5 heteroatoms. The van der Waals surface area contributed by atoms with Crippen molar-refractivity contribution in [3.63, 3.8) is 0 Å². The molecule has 1 atom stereocenters. The number of ether oxygens (including phenoxy) is 2. The SMILES string of the molecule is CCOC(CN)CCOc1ccccc1NC(C)=O. The average molecular weight is 266 g/mol. The van der Waals surface area contributed by atoms with E-state index in [1.54, 1.807) is 6.07 Å². The summed E-state index contributed by atoms with van der Waals surface area (Å²) in [5, 5.41) is 2.73. The zero-order chi connectivity index (χ0) is 14.1. The number of para-hydroxylation sites is 2. The summed E-state index contributed by atoms with van der Waals surface area (Å²) in [6, 6.07) is 7.34. The number of rotatable bonds is 8. The fraction of sp³-hybridized carbons (Fsp3) is 0.500. The Morgan fingerprint density at radius 2 is 2.16 bits per heavy atom. The molecular weight excluding hydrogens is 244 g/mol. The zero-order valence-electron chi connectivity index (χ0n) is 11.5. The maximum absolute atomic E-state index is 11.1. The molecule has 5 nitrogen and oxygen atoms in total. The van der Waals surface area contributed by atoms with Crippen LogP contribution in [0.15, 0.2) is 24.3 Å². The van der Waals surface area contributed by atoms with Gasteiger partial charge in [0.25, 0.3) is 0 Å². The molecule has 1 aromatic carbocycles. The van der Waals surface area contributed by atoms with Crippen LogP contribution in [-0.4, -0.2) is 31.8 Å². The first-order chi connectivity index (χ1) is 9.17. The number of carbonyl (C=O) groups excluding carboxylic acids is 1. The monoisotopic (exact) mass is 266 g/mol. The smallest absolute Gasteiger partial charge is 0.221 e. The lowest BCUT2D eigenvalue weighted by molar-refractivity contribution is -0.114. The number of nitrogens with two attached hydrogens (primary N) is 1. The standard InChI is InChI=1S/C14H22N2O3/c1-3-18-12(10-15)8-9-19-14-7-5-4-6-13(14)16-11(2)17/h4-7,12H,3,8-10,15H2,1-2H3,(H,16,17). The van der Waals surface area contributed by atoms with Gasteiger partial charge in [0.15, 0.2) is 0 Å². The highest BCUT2D eigenvalue weighted by Gasteiger charge is 2.08. The number of benzene rings is 1. The van der Waals surface area contributed by atoms with E-state index in [9.17, 15) is 4.79 Å². The summed E-state index contributed by atoms with van der Waals surface area (Å²) in [5.41, 5.74) is 6.27. The van der Waals surface area contributed by atoms with E-state index in [4.69, 9.17) is 15.2 Å². The summed E-state index contributed by atoms with van der Waals surface area (Å²) < 4.78 is 11.1.